The van der Waals surface area contributed by atoms with Gasteiger partial charge in [0.05, 0.1) is 31.4 Å². The van der Waals surface area contributed by atoms with E-state index in [1.807, 2.05) is 31.2 Å². The first-order chi connectivity index (χ1) is 19.4. The summed E-state index contributed by atoms with van der Waals surface area (Å²) >= 11 is 0. The predicted molar refractivity (Wildman–Crippen MR) is 155 cm³/mol. The van der Waals surface area contributed by atoms with Gasteiger partial charge in [-0.15, -0.1) is 0 Å². The minimum Gasteiger partial charge on any atom is -0.507 e. The summed E-state index contributed by atoms with van der Waals surface area (Å²) in [7, 11) is 0. The van der Waals surface area contributed by atoms with Gasteiger partial charge in [-0.1, -0.05) is 38.1 Å². The number of aryl methyl sites for hydroxylation is 1. The van der Waals surface area contributed by atoms with Crippen molar-refractivity contribution < 1.29 is 28.9 Å². The quantitative estimate of drug-likeness (QED) is 0.125. The number of ether oxygens (including phenoxy) is 3. The number of ketones is 1. The molecule has 2 heterocycles. The number of hydrogen-bond acceptors (Lipinski definition) is 7. The van der Waals surface area contributed by atoms with Crippen LogP contribution in [0.5, 0.6) is 11.5 Å². The maximum absolute atomic E-state index is 13.4. The Morgan fingerprint density at radius 1 is 1.05 bits per heavy atom. The molecule has 4 rings (SSSR count). The van der Waals surface area contributed by atoms with E-state index in [2.05, 4.69) is 18.4 Å². The zero-order valence-corrected chi connectivity index (χ0v) is 23.6. The molecule has 0 saturated carbocycles. The Kier molecular flexibility index (Phi) is 10.4. The van der Waals surface area contributed by atoms with Crippen molar-refractivity contribution in [3.63, 3.8) is 0 Å². The summed E-state index contributed by atoms with van der Waals surface area (Å²) in [4.78, 5) is 30.7. The van der Waals surface area contributed by atoms with Gasteiger partial charge in [0.2, 0.25) is 0 Å². The third-order valence-electron chi connectivity index (χ3n) is 7.30. The molecule has 214 valence electrons. The Morgan fingerprint density at radius 2 is 1.77 bits per heavy atom. The molecule has 2 saturated heterocycles. The van der Waals surface area contributed by atoms with Gasteiger partial charge in [0.1, 0.15) is 23.9 Å². The van der Waals surface area contributed by atoms with Gasteiger partial charge in [0.25, 0.3) is 11.7 Å². The van der Waals surface area contributed by atoms with Crippen LogP contribution in [0, 0.1) is 6.92 Å². The minimum atomic E-state index is -0.703. The van der Waals surface area contributed by atoms with Gasteiger partial charge in [-0.3, -0.25) is 14.5 Å². The monoisotopic (exact) mass is 548 g/mol. The Labute approximate surface area is 236 Å². The molecular weight excluding hydrogens is 508 g/mol. The van der Waals surface area contributed by atoms with E-state index in [9.17, 15) is 14.7 Å². The summed E-state index contributed by atoms with van der Waals surface area (Å²) < 4.78 is 16.9. The maximum Gasteiger partial charge on any atom is 0.295 e. The van der Waals surface area contributed by atoms with E-state index in [0.717, 1.165) is 49.4 Å². The lowest BCUT2D eigenvalue weighted by molar-refractivity contribution is -0.140. The summed E-state index contributed by atoms with van der Waals surface area (Å²) in [6.07, 6.45) is 4.36. The summed E-state index contributed by atoms with van der Waals surface area (Å²) in [6.45, 7) is 12.9. The van der Waals surface area contributed by atoms with Crippen molar-refractivity contribution in [3.05, 3.63) is 77.4 Å². The highest BCUT2D eigenvalue weighted by Crippen LogP contribution is 2.40. The van der Waals surface area contributed by atoms with Crippen LogP contribution < -0.4 is 9.47 Å². The van der Waals surface area contributed by atoms with Crippen LogP contribution in [0.15, 0.2) is 60.7 Å². The standard InChI is InChI=1S/C32H40N2O6/c1-4-6-19-40-25-10-8-24(9-11-25)29-28(30(35)27-13-12-26(22-23(27)3)39-18-5-2)31(36)32(37)34(29)15-7-14-33-16-20-38-21-17-33/h5,8-13,22,29,35H,2,4,6-7,14-21H2,1,3H3/b30-28+. The summed E-state index contributed by atoms with van der Waals surface area (Å²) in [5.41, 5.74) is 2.07. The second kappa shape index (κ2) is 14.1. The number of amides is 1. The number of rotatable bonds is 13. The van der Waals surface area contributed by atoms with E-state index in [-0.39, 0.29) is 11.3 Å². The Bertz CT molecular complexity index is 1220. The second-order valence-electron chi connectivity index (χ2n) is 10.1. The number of hydrogen-bond donors (Lipinski definition) is 1. The summed E-state index contributed by atoms with van der Waals surface area (Å²) in [5, 5.41) is 11.5. The van der Waals surface area contributed by atoms with Gasteiger partial charge in [-0.05, 0) is 61.2 Å². The minimum absolute atomic E-state index is 0.0962. The SMILES string of the molecule is C=CCOc1ccc(/C(O)=C2\C(=O)C(=O)N(CCCN3CCOCC3)C2c2ccc(OCCCC)cc2)c(C)c1. The number of carbonyl (C=O) groups is 2. The fraction of sp³-hybridized carbons (Fsp3) is 0.438. The molecule has 1 N–H and O–H groups in total. The molecule has 2 aliphatic rings. The highest BCUT2D eigenvalue weighted by atomic mass is 16.5. The summed E-state index contributed by atoms with van der Waals surface area (Å²) in [6, 6.07) is 12.0. The highest BCUT2D eigenvalue weighted by molar-refractivity contribution is 6.46. The fourth-order valence-corrected chi connectivity index (χ4v) is 5.12. The highest BCUT2D eigenvalue weighted by Gasteiger charge is 2.46. The van der Waals surface area contributed by atoms with Gasteiger partial charge in [-0.25, -0.2) is 0 Å². The molecule has 2 aromatic carbocycles. The first-order valence-electron chi connectivity index (χ1n) is 14.1. The van der Waals surface area contributed by atoms with Crippen LogP contribution in [-0.2, 0) is 14.3 Å². The van der Waals surface area contributed by atoms with Crippen molar-refractivity contribution in [2.75, 3.05) is 52.6 Å². The van der Waals surface area contributed by atoms with Crippen LogP contribution in [-0.4, -0.2) is 79.2 Å². The van der Waals surface area contributed by atoms with Gasteiger partial charge < -0.3 is 24.2 Å². The molecule has 2 aromatic rings. The Morgan fingerprint density at radius 3 is 2.45 bits per heavy atom. The lowest BCUT2D eigenvalue weighted by atomic mass is 9.93. The van der Waals surface area contributed by atoms with Crippen LogP contribution in [0.1, 0.15) is 48.9 Å². The number of aliphatic hydroxyl groups excluding tert-OH is 1. The number of likely N-dealkylation sites (tertiary alicyclic amines) is 1. The average molecular weight is 549 g/mol. The molecule has 2 fully saturated rings. The van der Waals surface area contributed by atoms with Crippen molar-refractivity contribution in [3.8, 4) is 11.5 Å². The van der Waals surface area contributed by atoms with Crippen LogP contribution in [0.3, 0.4) is 0 Å². The molecule has 8 nitrogen and oxygen atoms in total. The van der Waals surface area contributed by atoms with E-state index in [1.165, 1.54) is 0 Å². The number of Topliss-reactive ketones (excluding diaryl/α,β-unsaturated/α-hetero) is 1. The zero-order chi connectivity index (χ0) is 28.5. The number of unbranched alkanes of at least 4 members (excludes halogenated alkanes) is 1. The van der Waals surface area contributed by atoms with E-state index >= 15 is 0 Å². The molecule has 2 aliphatic heterocycles. The Balaban J connectivity index is 1.65. The molecule has 40 heavy (non-hydrogen) atoms. The number of aliphatic hydroxyl groups is 1. The van der Waals surface area contributed by atoms with Gasteiger partial charge in [-0.2, -0.15) is 0 Å². The molecular formula is C32H40N2O6. The van der Waals surface area contributed by atoms with E-state index in [1.54, 1.807) is 29.2 Å². The molecule has 0 aliphatic carbocycles. The lowest BCUT2D eigenvalue weighted by Crippen LogP contribution is -2.38. The Hall–Kier alpha value is -3.62. The molecule has 1 amide bonds. The van der Waals surface area contributed by atoms with Gasteiger partial charge in [0, 0.05) is 31.7 Å². The number of benzene rings is 2. The van der Waals surface area contributed by atoms with Crippen LogP contribution >= 0.6 is 0 Å². The van der Waals surface area contributed by atoms with E-state index in [0.29, 0.717) is 50.7 Å². The van der Waals surface area contributed by atoms with Crippen LogP contribution in [0.2, 0.25) is 0 Å². The first kappa shape index (κ1) is 29.4. The number of morpholine rings is 1. The molecule has 0 radical (unpaired) electrons. The first-order valence-corrected chi connectivity index (χ1v) is 14.1. The smallest absolute Gasteiger partial charge is 0.295 e. The molecule has 0 bridgehead atoms. The second-order valence-corrected chi connectivity index (χ2v) is 10.1. The van der Waals surface area contributed by atoms with E-state index in [4.69, 9.17) is 14.2 Å². The average Bonchev–Trinajstić information content (AvgIpc) is 3.22. The number of nitrogens with zero attached hydrogens (tertiary/aromatic N) is 2. The maximum atomic E-state index is 13.4. The molecule has 1 atom stereocenters. The third kappa shape index (κ3) is 6.92. The zero-order valence-electron chi connectivity index (χ0n) is 23.6. The van der Waals surface area contributed by atoms with Crippen molar-refractivity contribution in [2.24, 2.45) is 0 Å². The van der Waals surface area contributed by atoms with Crippen molar-refractivity contribution >= 4 is 17.4 Å². The van der Waals surface area contributed by atoms with Gasteiger partial charge in [0.15, 0.2) is 0 Å². The summed E-state index contributed by atoms with van der Waals surface area (Å²) in [5.74, 6) is -0.0980. The fourth-order valence-electron chi connectivity index (χ4n) is 5.12. The topological polar surface area (TPSA) is 88.5 Å². The predicted octanol–water partition coefficient (Wildman–Crippen LogP) is 4.88. The van der Waals surface area contributed by atoms with Crippen molar-refractivity contribution in [1.82, 2.24) is 9.80 Å². The molecule has 1 unspecified atom stereocenters. The molecule has 0 aromatic heterocycles. The van der Waals surface area contributed by atoms with Crippen molar-refractivity contribution in [2.45, 2.75) is 39.2 Å². The van der Waals surface area contributed by atoms with Crippen LogP contribution in [0.4, 0.5) is 0 Å². The third-order valence-corrected chi connectivity index (χ3v) is 7.30. The lowest BCUT2D eigenvalue weighted by Gasteiger charge is -2.29. The van der Waals surface area contributed by atoms with Crippen LogP contribution in [0.25, 0.3) is 5.76 Å². The largest absolute Gasteiger partial charge is 0.507 e. The molecule has 0 spiro atoms. The normalized spacial score (nSPS) is 19.1. The van der Waals surface area contributed by atoms with E-state index < -0.39 is 17.7 Å². The van der Waals surface area contributed by atoms with Gasteiger partial charge >= 0.3 is 0 Å². The molecule has 8 heteroatoms. The van der Waals surface area contributed by atoms with Crippen molar-refractivity contribution in [1.29, 1.82) is 0 Å². The number of carbonyl (C=O) groups excluding carboxylic acids is 2.